The van der Waals surface area contributed by atoms with Crippen molar-refractivity contribution in [2.45, 2.75) is 16.8 Å². The monoisotopic (exact) mass is 476 g/mol. The van der Waals surface area contributed by atoms with Crippen LogP contribution < -0.4 is 4.90 Å². The first-order chi connectivity index (χ1) is 16.5. The largest absolute Gasteiger partial charge is 0.465 e. The maximum absolute atomic E-state index is 13.0. The lowest BCUT2D eigenvalue weighted by Crippen LogP contribution is -2.31. The second-order valence-corrected chi connectivity index (χ2v) is 8.33. The van der Waals surface area contributed by atoms with E-state index >= 15 is 0 Å². The van der Waals surface area contributed by atoms with E-state index < -0.39 is 17.1 Å². The highest BCUT2D eigenvalue weighted by atomic mass is 32.2. The Bertz CT molecular complexity index is 1350. The Morgan fingerprint density at radius 2 is 1.68 bits per heavy atom. The van der Waals surface area contributed by atoms with Crippen LogP contribution in [0, 0.1) is 0 Å². The second-order valence-electron chi connectivity index (χ2n) is 7.16. The maximum atomic E-state index is 13.0. The van der Waals surface area contributed by atoms with Gasteiger partial charge >= 0.3 is 5.97 Å². The van der Waals surface area contributed by atoms with Gasteiger partial charge in [0.2, 0.25) is 17.0 Å². The molecular formula is C23H16N4O6S. The van der Waals surface area contributed by atoms with Crippen molar-refractivity contribution in [1.29, 1.82) is 0 Å². The third-order valence-electron chi connectivity index (χ3n) is 5.08. The summed E-state index contributed by atoms with van der Waals surface area (Å²) in [5.41, 5.74) is 1.49. The fourth-order valence-corrected chi connectivity index (χ4v) is 4.40. The molecule has 1 aliphatic heterocycles. The third-order valence-corrected chi connectivity index (χ3v) is 6.11. The molecular weight excluding hydrogens is 460 g/mol. The van der Waals surface area contributed by atoms with Gasteiger partial charge in [-0.1, -0.05) is 11.8 Å². The number of furan rings is 2. The average molecular weight is 476 g/mol. The number of carbonyl (C=O) groups excluding carboxylic acids is 3. The number of rotatable bonds is 6. The van der Waals surface area contributed by atoms with E-state index in [4.69, 9.17) is 8.83 Å². The molecule has 34 heavy (non-hydrogen) atoms. The number of benzene rings is 1. The topological polar surface area (TPSA) is 129 Å². The van der Waals surface area contributed by atoms with Gasteiger partial charge < -0.3 is 13.6 Å². The fraction of sp³-hybridized carbons (Fsp3) is 0.130. The Labute approximate surface area is 196 Å². The zero-order valence-corrected chi connectivity index (χ0v) is 18.5. The third kappa shape index (κ3) is 3.97. The molecule has 0 N–H and O–H groups in total. The molecule has 10 nitrogen and oxygen atoms in total. The second kappa shape index (κ2) is 8.94. The highest BCUT2D eigenvalue weighted by molar-refractivity contribution is 8.00. The Hall–Kier alpha value is -4.25. The molecule has 1 atom stereocenters. The lowest BCUT2D eigenvalue weighted by molar-refractivity contribution is -0.121. The highest BCUT2D eigenvalue weighted by Gasteiger charge is 2.41. The van der Waals surface area contributed by atoms with Crippen molar-refractivity contribution in [3.8, 4) is 22.9 Å². The van der Waals surface area contributed by atoms with Gasteiger partial charge in [-0.25, -0.2) is 14.7 Å². The van der Waals surface area contributed by atoms with E-state index in [1.165, 1.54) is 43.9 Å². The smallest absolute Gasteiger partial charge is 0.337 e. The minimum atomic E-state index is -0.728. The molecule has 2 amide bonds. The van der Waals surface area contributed by atoms with E-state index in [0.29, 0.717) is 34.2 Å². The molecule has 1 fully saturated rings. The van der Waals surface area contributed by atoms with Crippen LogP contribution in [0.2, 0.25) is 0 Å². The summed E-state index contributed by atoms with van der Waals surface area (Å²) in [5, 5.41) is 7.86. The Morgan fingerprint density at radius 1 is 1.00 bits per heavy atom. The van der Waals surface area contributed by atoms with E-state index in [2.05, 4.69) is 19.9 Å². The number of esters is 1. The van der Waals surface area contributed by atoms with Crippen LogP contribution in [0.15, 0.2) is 75.0 Å². The first kappa shape index (κ1) is 21.6. The van der Waals surface area contributed by atoms with Gasteiger partial charge in [-0.05, 0) is 48.5 Å². The predicted molar refractivity (Wildman–Crippen MR) is 120 cm³/mol. The number of carbonyl (C=O) groups is 3. The summed E-state index contributed by atoms with van der Waals surface area (Å²) in [6.45, 7) is 0. The first-order valence-electron chi connectivity index (χ1n) is 10.1. The molecule has 1 aromatic carbocycles. The summed E-state index contributed by atoms with van der Waals surface area (Å²) in [6.07, 6.45) is 3.00. The molecule has 3 aromatic heterocycles. The Morgan fingerprint density at radius 3 is 2.29 bits per heavy atom. The summed E-state index contributed by atoms with van der Waals surface area (Å²) in [5.74, 6) is -0.339. The van der Waals surface area contributed by atoms with Crippen molar-refractivity contribution < 1.29 is 28.0 Å². The minimum absolute atomic E-state index is 0.0262. The van der Waals surface area contributed by atoms with Gasteiger partial charge in [-0.15, -0.1) is 10.2 Å². The number of hydrogen-bond acceptors (Lipinski definition) is 10. The van der Waals surface area contributed by atoms with Crippen LogP contribution in [0.25, 0.3) is 22.9 Å². The molecule has 4 aromatic rings. The molecule has 0 aliphatic carbocycles. The van der Waals surface area contributed by atoms with Crippen LogP contribution in [0.5, 0.6) is 0 Å². The summed E-state index contributed by atoms with van der Waals surface area (Å²) >= 11 is 1.05. The number of imide groups is 1. The van der Waals surface area contributed by atoms with Crippen molar-refractivity contribution in [2.75, 3.05) is 12.0 Å². The maximum Gasteiger partial charge on any atom is 0.337 e. The summed E-state index contributed by atoms with van der Waals surface area (Å²) in [7, 11) is 1.28. The SMILES string of the molecule is COC(=O)c1ccc(N2C(=O)CC(Sc3nnc(-c4ccco4)c(-c4ccco4)n3)C2=O)cc1. The number of amides is 2. The average Bonchev–Trinajstić information content (AvgIpc) is 3.62. The molecule has 5 rings (SSSR count). The zero-order valence-electron chi connectivity index (χ0n) is 17.7. The fourth-order valence-electron chi connectivity index (χ4n) is 3.48. The lowest BCUT2D eigenvalue weighted by Gasteiger charge is -2.15. The lowest BCUT2D eigenvalue weighted by atomic mass is 10.2. The van der Waals surface area contributed by atoms with E-state index in [0.717, 1.165) is 16.7 Å². The van der Waals surface area contributed by atoms with E-state index in [1.54, 1.807) is 24.3 Å². The number of anilines is 1. The van der Waals surface area contributed by atoms with Gasteiger partial charge in [0.15, 0.2) is 17.2 Å². The number of hydrogen-bond donors (Lipinski definition) is 0. The van der Waals surface area contributed by atoms with Crippen molar-refractivity contribution in [1.82, 2.24) is 15.2 Å². The van der Waals surface area contributed by atoms with Crippen LogP contribution in [0.3, 0.4) is 0 Å². The molecule has 1 unspecified atom stereocenters. The molecule has 0 saturated carbocycles. The number of methoxy groups -OCH3 is 1. The number of nitrogens with zero attached hydrogens (tertiary/aromatic N) is 4. The highest BCUT2D eigenvalue weighted by Crippen LogP contribution is 2.35. The number of aromatic nitrogens is 3. The normalized spacial score (nSPS) is 15.7. The molecule has 4 heterocycles. The van der Waals surface area contributed by atoms with Gasteiger partial charge in [0.1, 0.15) is 10.9 Å². The van der Waals surface area contributed by atoms with Crippen LogP contribution in [0.4, 0.5) is 5.69 Å². The van der Waals surface area contributed by atoms with Crippen molar-refractivity contribution in [3.05, 3.63) is 66.6 Å². The van der Waals surface area contributed by atoms with Gasteiger partial charge in [-0.3, -0.25) is 9.59 Å². The summed E-state index contributed by atoms with van der Waals surface area (Å²) in [6, 6.07) is 13.0. The van der Waals surface area contributed by atoms with Crippen LogP contribution in [-0.2, 0) is 14.3 Å². The molecule has 170 valence electrons. The van der Waals surface area contributed by atoms with Crippen LogP contribution >= 0.6 is 11.8 Å². The quantitative estimate of drug-likeness (QED) is 0.301. The molecule has 0 spiro atoms. The van der Waals surface area contributed by atoms with Gasteiger partial charge in [-0.2, -0.15) is 0 Å². The molecule has 1 saturated heterocycles. The zero-order chi connectivity index (χ0) is 23.7. The first-order valence-corrected chi connectivity index (χ1v) is 11.0. The molecule has 1 aliphatic rings. The number of thioether (sulfide) groups is 1. The Balaban J connectivity index is 1.40. The molecule has 11 heteroatoms. The van der Waals surface area contributed by atoms with Crippen molar-refractivity contribution in [2.24, 2.45) is 0 Å². The van der Waals surface area contributed by atoms with Crippen molar-refractivity contribution >= 4 is 35.2 Å². The van der Waals surface area contributed by atoms with E-state index in [9.17, 15) is 14.4 Å². The molecule has 0 bridgehead atoms. The standard InChI is InChI=1S/C23H16N4O6S/c1-31-22(30)13-6-8-14(9-7-13)27-18(28)12-17(21(27)29)34-23-24-19(15-4-2-10-32-15)20(25-26-23)16-5-3-11-33-16/h2-11,17H,12H2,1H3. The van der Waals surface area contributed by atoms with E-state index in [-0.39, 0.29) is 17.5 Å². The summed E-state index contributed by atoms with van der Waals surface area (Å²) < 4.78 is 15.6. The minimum Gasteiger partial charge on any atom is -0.465 e. The Kier molecular flexibility index (Phi) is 5.68. The predicted octanol–water partition coefficient (Wildman–Crippen LogP) is 3.60. The van der Waals surface area contributed by atoms with Gasteiger partial charge in [0, 0.05) is 6.42 Å². The van der Waals surface area contributed by atoms with Crippen LogP contribution in [-0.4, -0.2) is 45.3 Å². The van der Waals surface area contributed by atoms with Gasteiger partial charge in [0.05, 0.1) is 30.9 Å². The van der Waals surface area contributed by atoms with E-state index in [1.807, 2.05) is 0 Å². The van der Waals surface area contributed by atoms with Gasteiger partial charge in [0.25, 0.3) is 0 Å². The van der Waals surface area contributed by atoms with Crippen molar-refractivity contribution in [3.63, 3.8) is 0 Å². The van der Waals surface area contributed by atoms with Crippen LogP contribution in [0.1, 0.15) is 16.8 Å². The summed E-state index contributed by atoms with van der Waals surface area (Å²) in [4.78, 5) is 43.0. The molecule has 0 radical (unpaired) electrons. The number of ether oxygens (including phenoxy) is 1.